The molecule has 1 aliphatic heterocycles. The molecule has 3 aromatic heterocycles. The molecule has 0 radical (unpaired) electrons. The van der Waals surface area contributed by atoms with E-state index in [1.165, 1.54) is 6.33 Å². The average molecular weight is 496 g/mol. The first-order chi connectivity index (χ1) is 17.2. The first-order valence-corrected chi connectivity index (χ1v) is 11.3. The number of anilines is 2. The molecule has 0 spiro atoms. The molecular formula is C24H23F3N8O. The lowest BCUT2D eigenvalue weighted by Gasteiger charge is -2.29. The molecule has 4 aromatic rings. The molecule has 12 heteroatoms. The normalized spacial score (nSPS) is 15.3. The van der Waals surface area contributed by atoms with Crippen molar-refractivity contribution < 1.29 is 18.0 Å². The van der Waals surface area contributed by atoms with E-state index in [1.54, 1.807) is 24.3 Å². The molecule has 0 atom stereocenters. The molecule has 1 aliphatic rings. The van der Waals surface area contributed by atoms with E-state index in [9.17, 15) is 18.0 Å². The third kappa shape index (κ3) is 4.59. The molecule has 1 aromatic carbocycles. The summed E-state index contributed by atoms with van der Waals surface area (Å²) in [4.78, 5) is 27.3. The predicted molar refractivity (Wildman–Crippen MR) is 128 cm³/mol. The van der Waals surface area contributed by atoms with Crippen molar-refractivity contribution in [3.8, 4) is 11.3 Å². The topological polar surface area (TPSA) is 115 Å². The lowest BCUT2D eigenvalue weighted by atomic mass is 10.1. The number of pyridine rings is 1. The van der Waals surface area contributed by atoms with Gasteiger partial charge < -0.3 is 16.0 Å². The molecule has 0 saturated carbocycles. The van der Waals surface area contributed by atoms with Gasteiger partial charge in [-0.1, -0.05) is 12.1 Å². The van der Waals surface area contributed by atoms with Crippen LogP contribution in [-0.4, -0.2) is 55.7 Å². The van der Waals surface area contributed by atoms with Crippen LogP contribution in [0.25, 0.3) is 22.3 Å². The second kappa shape index (κ2) is 9.19. The number of aromatic nitrogens is 5. The summed E-state index contributed by atoms with van der Waals surface area (Å²) in [5, 5.41) is 7.89. The zero-order valence-electron chi connectivity index (χ0n) is 19.3. The Morgan fingerprint density at radius 2 is 1.81 bits per heavy atom. The van der Waals surface area contributed by atoms with E-state index >= 15 is 0 Å². The van der Waals surface area contributed by atoms with Gasteiger partial charge in [0.2, 0.25) is 0 Å². The minimum atomic E-state index is -4.53. The number of nitrogens with one attached hydrogen (secondary N) is 1. The van der Waals surface area contributed by atoms with Gasteiger partial charge in [-0.3, -0.25) is 4.79 Å². The van der Waals surface area contributed by atoms with Gasteiger partial charge in [0.15, 0.2) is 5.65 Å². The summed E-state index contributed by atoms with van der Waals surface area (Å²) in [6, 6.07) is 8.36. The predicted octanol–water partition coefficient (Wildman–Crippen LogP) is 4.01. The smallest absolute Gasteiger partial charge is 0.383 e. The van der Waals surface area contributed by atoms with Crippen LogP contribution >= 0.6 is 0 Å². The van der Waals surface area contributed by atoms with Crippen molar-refractivity contribution in [2.45, 2.75) is 25.1 Å². The Morgan fingerprint density at radius 1 is 1.08 bits per heavy atom. The van der Waals surface area contributed by atoms with Crippen LogP contribution in [0, 0.1) is 0 Å². The number of nitrogen functional groups attached to an aromatic ring is 1. The quantitative estimate of drug-likeness (QED) is 0.439. The molecule has 1 amide bonds. The highest BCUT2D eigenvalue weighted by Gasteiger charge is 2.31. The number of hydrogen-bond acceptors (Lipinski definition) is 7. The van der Waals surface area contributed by atoms with Crippen molar-refractivity contribution in [2.75, 3.05) is 31.2 Å². The first-order valence-electron chi connectivity index (χ1n) is 11.3. The third-order valence-corrected chi connectivity index (χ3v) is 6.30. The standard InChI is InChI=1S/C24H23F3N8O/c1-34-10-7-17(8-11-34)35-22-19(21(28)30-13-31-22)20(33-35)14-2-4-15(5-3-14)23(36)32-18-12-16(6-9-29-18)24(25,26)27/h2-6,9,12-13,17H,7-8,10-11H2,1H3,(H2,28,30,31)(H,29,32,36). The number of likely N-dealkylation sites (tertiary alicyclic amines) is 1. The minimum absolute atomic E-state index is 0.178. The number of fused-ring (bicyclic) bond motifs is 1. The number of carbonyl (C=O) groups excluding carboxylic acids is 1. The van der Waals surface area contributed by atoms with E-state index in [0.29, 0.717) is 28.1 Å². The van der Waals surface area contributed by atoms with Gasteiger partial charge in [0.1, 0.15) is 23.7 Å². The number of piperidine rings is 1. The van der Waals surface area contributed by atoms with Gasteiger partial charge in [-0.05, 0) is 57.2 Å². The van der Waals surface area contributed by atoms with Crippen LogP contribution in [0.2, 0.25) is 0 Å². The SMILES string of the molecule is CN1CCC(n2nc(-c3ccc(C(=O)Nc4cc(C(F)(F)F)ccn4)cc3)c3c(N)ncnc32)CC1. The fraction of sp³-hybridized carbons (Fsp3) is 0.292. The fourth-order valence-corrected chi connectivity index (χ4v) is 4.33. The number of halogens is 3. The lowest BCUT2D eigenvalue weighted by Crippen LogP contribution is -2.31. The average Bonchev–Trinajstić information content (AvgIpc) is 3.25. The van der Waals surface area contributed by atoms with Crippen LogP contribution in [-0.2, 0) is 6.18 Å². The van der Waals surface area contributed by atoms with Crippen LogP contribution in [0.3, 0.4) is 0 Å². The number of hydrogen-bond donors (Lipinski definition) is 2. The first kappa shape index (κ1) is 23.7. The molecule has 36 heavy (non-hydrogen) atoms. The highest BCUT2D eigenvalue weighted by Crippen LogP contribution is 2.34. The Bertz CT molecular complexity index is 1410. The Hall–Kier alpha value is -4.06. The van der Waals surface area contributed by atoms with E-state index < -0.39 is 17.6 Å². The molecule has 3 N–H and O–H groups in total. The largest absolute Gasteiger partial charge is 0.416 e. The molecule has 1 saturated heterocycles. The van der Waals surface area contributed by atoms with Crippen molar-refractivity contribution >= 4 is 28.6 Å². The lowest BCUT2D eigenvalue weighted by molar-refractivity contribution is -0.137. The van der Waals surface area contributed by atoms with Crippen molar-refractivity contribution in [1.29, 1.82) is 0 Å². The number of carbonyl (C=O) groups is 1. The molecule has 4 heterocycles. The molecule has 0 aliphatic carbocycles. The third-order valence-electron chi connectivity index (χ3n) is 6.30. The zero-order chi connectivity index (χ0) is 25.4. The van der Waals surface area contributed by atoms with Gasteiger partial charge in [0.05, 0.1) is 17.0 Å². The molecule has 186 valence electrons. The van der Waals surface area contributed by atoms with Gasteiger partial charge in [-0.15, -0.1) is 0 Å². The van der Waals surface area contributed by atoms with Crippen LogP contribution in [0.4, 0.5) is 24.8 Å². The highest BCUT2D eigenvalue weighted by atomic mass is 19.4. The number of rotatable bonds is 4. The Kier molecular flexibility index (Phi) is 6.04. The number of alkyl halides is 3. The van der Waals surface area contributed by atoms with Crippen molar-refractivity contribution in [3.05, 3.63) is 60.0 Å². The van der Waals surface area contributed by atoms with Gasteiger partial charge in [0, 0.05) is 17.3 Å². The van der Waals surface area contributed by atoms with Gasteiger partial charge >= 0.3 is 6.18 Å². The Labute approximate surface area is 204 Å². The molecular weight excluding hydrogens is 473 g/mol. The zero-order valence-corrected chi connectivity index (χ0v) is 19.3. The Morgan fingerprint density at radius 3 is 2.50 bits per heavy atom. The van der Waals surface area contributed by atoms with Crippen molar-refractivity contribution in [3.63, 3.8) is 0 Å². The molecule has 1 fully saturated rings. The maximum atomic E-state index is 12.9. The second-order valence-corrected chi connectivity index (χ2v) is 8.74. The van der Waals surface area contributed by atoms with Gasteiger partial charge in [-0.25, -0.2) is 19.6 Å². The summed E-state index contributed by atoms with van der Waals surface area (Å²) in [6.07, 6.45) is -0.252. The minimum Gasteiger partial charge on any atom is -0.383 e. The number of nitrogens with zero attached hydrogens (tertiary/aromatic N) is 6. The summed E-state index contributed by atoms with van der Waals surface area (Å²) in [7, 11) is 2.09. The second-order valence-electron chi connectivity index (χ2n) is 8.74. The van der Waals surface area contributed by atoms with Crippen LogP contribution in [0.1, 0.15) is 34.8 Å². The monoisotopic (exact) mass is 496 g/mol. The summed E-state index contributed by atoms with van der Waals surface area (Å²) >= 11 is 0. The summed E-state index contributed by atoms with van der Waals surface area (Å²) in [5.41, 5.74) is 7.53. The summed E-state index contributed by atoms with van der Waals surface area (Å²) in [6.45, 7) is 1.90. The number of amides is 1. The van der Waals surface area contributed by atoms with E-state index in [4.69, 9.17) is 10.8 Å². The van der Waals surface area contributed by atoms with E-state index in [2.05, 4.69) is 32.2 Å². The Balaban J connectivity index is 1.42. The molecule has 9 nitrogen and oxygen atoms in total. The fourth-order valence-electron chi connectivity index (χ4n) is 4.33. The summed E-state index contributed by atoms with van der Waals surface area (Å²) < 4.78 is 40.7. The molecule has 5 rings (SSSR count). The maximum Gasteiger partial charge on any atom is 0.416 e. The van der Waals surface area contributed by atoms with E-state index in [0.717, 1.165) is 44.3 Å². The van der Waals surface area contributed by atoms with Gasteiger partial charge in [-0.2, -0.15) is 18.3 Å². The van der Waals surface area contributed by atoms with E-state index in [1.807, 2.05) is 4.68 Å². The van der Waals surface area contributed by atoms with Crippen molar-refractivity contribution in [2.24, 2.45) is 0 Å². The number of benzene rings is 1. The highest BCUT2D eigenvalue weighted by molar-refractivity contribution is 6.04. The van der Waals surface area contributed by atoms with Crippen LogP contribution in [0.5, 0.6) is 0 Å². The van der Waals surface area contributed by atoms with Gasteiger partial charge in [0.25, 0.3) is 5.91 Å². The van der Waals surface area contributed by atoms with E-state index in [-0.39, 0.29) is 17.4 Å². The maximum absolute atomic E-state index is 12.9. The van der Waals surface area contributed by atoms with Crippen LogP contribution < -0.4 is 11.1 Å². The van der Waals surface area contributed by atoms with Crippen molar-refractivity contribution in [1.82, 2.24) is 29.6 Å². The molecule has 0 bridgehead atoms. The molecule has 0 unspecified atom stereocenters. The summed E-state index contributed by atoms with van der Waals surface area (Å²) in [5.74, 6) is -0.462. The number of nitrogens with two attached hydrogens (primary N) is 1. The van der Waals surface area contributed by atoms with Crippen LogP contribution in [0.15, 0.2) is 48.9 Å².